The number of hydrogen-bond donors (Lipinski definition) is 2. The van der Waals surface area contributed by atoms with E-state index in [9.17, 15) is 13.6 Å². The standard InChI is InChI=1S/C23H26F2N6OS/c24-19-8-6-18(7-9-19)20(25)21-28-23(33-29-21)31-14-12-30(13-15-31)11-10-26-22(32)27-16-17-4-2-1-3-5-17/h1-9,20H,10-16H2,(H2,26,27,32). The molecule has 0 spiro atoms. The van der Waals surface area contributed by atoms with Crippen LogP contribution in [0.2, 0.25) is 0 Å². The van der Waals surface area contributed by atoms with Crippen molar-refractivity contribution in [3.05, 3.63) is 77.4 Å². The van der Waals surface area contributed by atoms with Gasteiger partial charge in [-0.1, -0.05) is 42.5 Å². The number of nitrogens with one attached hydrogen (secondary N) is 2. The molecule has 0 aliphatic carbocycles. The summed E-state index contributed by atoms with van der Waals surface area (Å²) in [6.07, 6.45) is -1.48. The predicted octanol–water partition coefficient (Wildman–Crippen LogP) is 3.36. The number of urea groups is 1. The molecule has 10 heteroatoms. The van der Waals surface area contributed by atoms with Gasteiger partial charge < -0.3 is 15.5 Å². The molecular weight excluding hydrogens is 446 g/mol. The lowest BCUT2D eigenvalue weighted by Gasteiger charge is -2.34. The molecule has 0 radical (unpaired) electrons. The SMILES string of the molecule is O=C(NCCN1CCN(c2nc(C(F)c3ccc(F)cc3)ns2)CC1)NCc1ccccc1. The molecule has 1 atom stereocenters. The normalized spacial score (nSPS) is 15.3. The van der Waals surface area contributed by atoms with Crippen LogP contribution in [0.5, 0.6) is 0 Å². The van der Waals surface area contributed by atoms with E-state index in [1.165, 1.54) is 35.8 Å². The summed E-state index contributed by atoms with van der Waals surface area (Å²) in [5.74, 6) is -0.298. The molecule has 1 saturated heterocycles. The van der Waals surface area contributed by atoms with Gasteiger partial charge in [-0.25, -0.2) is 13.6 Å². The van der Waals surface area contributed by atoms with Gasteiger partial charge in [0.2, 0.25) is 5.13 Å². The molecule has 1 aromatic heterocycles. The van der Waals surface area contributed by atoms with Gasteiger partial charge in [0, 0.05) is 57.3 Å². The van der Waals surface area contributed by atoms with Crippen molar-refractivity contribution < 1.29 is 13.6 Å². The van der Waals surface area contributed by atoms with Crippen LogP contribution >= 0.6 is 11.5 Å². The predicted molar refractivity (Wildman–Crippen MR) is 125 cm³/mol. The second-order valence-electron chi connectivity index (χ2n) is 7.77. The van der Waals surface area contributed by atoms with E-state index in [1.807, 2.05) is 30.3 Å². The van der Waals surface area contributed by atoms with Crippen LogP contribution in [0.25, 0.3) is 0 Å². The van der Waals surface area contributed by atoms with E-state index >= 15 is 0 Å². The zero-order valence-electron chi connectivity index (χ0n) is 18.1. The summed E-state index contributed by atoms with van der Waals surface area (Å²) in [4.78, 5) is 20.7. The molecule has 2 heterocycles. The Morgan fingerprint density at radius 3 is 2.48 bits per heavy atom. The van der Waals surface area contributed by atoms with Crippen molar-refractivity contribution in [2.75, 3.05) is 44.2 Å². The van der Waals surface area contributed by atoms with Crippen molar-refractivity contribution >= 4 is 22.7 Å². The van der Waals surface area contributed by atoms with Gasteiger partial charge in [0.05, 0.1) is 0 Å². The van der Waals surface area contributed by atoms with Crippen LogP contribution in [0.3, 0.4) is 0 Å². The Labute approximate surface area is 195 Å². The molecule has 174 valence electrons. The fraction of sp³-hybridized carbons (Fsp3) is 0.348. The maximum absolute atomic E-state index is 14.7. The minimum absolute atomic E-state index is 0.106. The number of alkyl halides is 1. The third kappa shape index (κ3) is 6.45. The number of anilines is 1. The molecule has 1 aliphatic heterocycles. The summed E-state index contributed by atoms with van der Waals surface area (Å²) in [6.45, 7) is 4.95. The first-order valence-electron chi connectivity index (χ1n) is 10.8. The summed E-state index contributed by atoms with van der Waals surface area (Å²) in [7, 11) is 0. The number of carbonyl (C=O) groups excluding carboxylic acids is 1. The van der Waals surface area contributed by atoms with Crippen molar-refractivity contribution in [1.29, 1.82) is 0 Å². The molecule has 3 aromatic rings. The van der Waals surface area contributed by atoms with Gasteiger partial charge in [-0.15, -0.1) is 0 Å². The van der Waals surface area contributed by atoms with Crippen molar-refractivity contribution in [2.24, 2.45) is 0 Å². The quantitative estimate of drug-likeness (QED) is 0.526. The van der Waals surface area contributed by atoms with E-state index in [4.69, 9.17) is 0 Å². The number of carbonyl (C=O) groups is 1. The van der Waals surface area contributed by atoms with Crippen molar-refractivity contribution in [2.45, 2.75) is 12.7 Å². The maximum Gasteiger partial charge on any atom is 0.315 e. The van der Waals surface area contributed by atoms with Crippen LogP contribution < -0.4 is 15.5 Å². The first-order valence-corrected chi connectivity index (χ1v) is 11.6. The Morgan fingerprint density at radius 2 is 1.76 bits per heavy atom. The maximum atomic E-state index is 14.7. The van der Waals surface area contributed by atoms with Crippen molar-refractivity contribution in [3.63, 3.8) is 0 Å². The van der Waals surface area contributed by atoms with Crippen LogP contribution in [0, 0.1) is 5.82 Å². The zero-order chi connectivity index (χ0) is 23.0. The van der Waals surface area contributed by atoms with Crippen LogP contribution in [-0.4, -0.2) is 59.6 Å². The lowest BCUT2D eigenvalue weighted by atomic mass is 10.1. The smallest absolute Gasteiger partial charge is 0.315 e. The Morgan fingerprint density at radius 1 is 1.03 bits per heavy atom. The highest BCUT2D eigenvalue weighted by Crippen LogP contribution is 2.28. The molecule has 4 rings (SSSR count). The summed E-state index contributed by atoms with van der Waals surface area (Å²) >= 11 is 1.18. The van der Waals surface area contributed by atoms with Crippen LogP contribution in [0.15, 0.2) is 54.6 Å². The lowest BCUT2D eigenvalue weighted by molar-refractivity contribution is 0.231. The average molecular weight is 473 g/mol. The fourth-order valence-electron chi connectivity index (χ4n) is 3.57. The summed E-state index contributed by atoms with van der Waals surface area (Å²) in [5, 5.41) is 6.43. The minimum Gasteiger partial charge on any atom is -0.344 e. The molecule has 1 aliphatic rings. The molecule has 0 saturated carbocycles. The largest absolute Gasteiger partial charge is 0.344 e. The monoisotopic (exact) mass is 472 g/mol. The summed E-state index contributed by atoms with van der Waals surface area (Å²) < 4.78 is 31.9. The molecule has 2 amide bonds. The highest BCUT2D eigenvalue weighted by Gasteiger charge is 2.23. The van der Waals surface area contributed by atoms with Gasteiger partial charge in [-0.2, -0.15) is 9.36 Å². The number of hydrogen-bond acceptors (Lipinski definition) is 6. The van der Waals surface area contributed by atoms with E-state index in [1.54, 1.807) is 0 Å². The van der Waals surface area contributed by atoms with E-state index in [-0.39, 0.29) is 11.9 Å². The van der Waals surface area contributed by atoms with Gasteiger partial charge in [-0.3, -0.25) is 4.90 Å². The van der Waals surface area contributed by atoms with Gasteiger partial charge in [0.15, 0.2) is 12.0 Å². The number of rotatable bonds is 8. The number of nitrogens with zero attached hydrogens (tertiary/aromatic N) is 4. The second kappa shape index (κ2) is 11.2. The van der Waals surface area contributed by atoms with Crippen LogP contribution in [0.4, 0.5) is 18.7 Å². The molecule has 1 fully saturated rings. The van der Waals surface area contributed by atoms with E-state index in [2.05, 4.69) is 29.8 Å². The third-order valence-corrected chi connectivity index (χ3v) is 6.26. The lowest BCUT2D eigenvalue weighted by Crippen LogP contribution is -2.49. The molecule has 2 N–H and O–H groups in total. The van der Waals surface area contributed by atoms with Gasteiger partial charge in [0.25, 0.3) is 0 Å². The Bertz CT molecular complexity index is 1020. The molecule has 1 unspecified atom stereocenters. The topological polar surface area (TPSA) is 73.4 Å². The Hall–Kier alpha value is -3.11. The summed E-state index contributed by atoms with van der Waals surface area (Å²) in [5.41, 5.74) is 1.39. The molecule has 2 aromatic carbocycles. The number of piperazine rings is 1. The van der Waals surface area contributed by atoms with Gasteiger partial charge >= 0.3 is 6.03 Å². The van der Waals surface area contributed by atoms with E-state index in [0.29, 0.717) is 23.8 Å². The number of halogens is 2. The molecule has 7 nitrogen and oxygen atoms in total. The Balaban J connectivity index is 1.17. The first kappa shape index (κ1) is 23.1. The molecule has 33 heavy (non-hydrogen) atoms. The summed E-state index contributed by atoms with van der Waals surface area (Å²) in [6, 6.07) is 14.9. The number of benzene rings is 2. The fourth-order valence-corrected chi connectivity index (χ4v) is 4.31. The number of amides is 2. The molecule has 0 bridgehead atoms. The minimum atomic E-state index is -1.48. The van der Waals surface area contributed by atoms with Gasteiger partial charge in [0.1, 0.15) is 5.82 Å². The van der Waals surface area contributed by atoms with Crippen LogP contribution in [-0.2, 0) is 6.54 Å². The highest BCUT2D eigenvalue weighted by molar-refractivity contribution is 7.09. The van der Waals surface area contributed by atoms with E-state index < -0.39 is 12.0 Å². The van der Waals surface area contributed by atoms with Gasteiger partial charge in [-0.05, 0) is 23.3 Å². The highest BCUT2D eigenvalue weighted by atomic mass is 32.1. The molecular formula is C23H26F2N6OS. The number of aromatic nitrogens is 2. The van der Waals surface area contributed by atoms with Crippen molar-refractivity contribution in [1.82, 2.24) is 24.9 Å². The first-order chi connectivity index (χ1) is 16.1. The zero-order valence-corrected chi connectivity index (χ0v) is 18.9. The average Bonchev–Trinajstić information content (AvgIpc) is 3.34. The van der Waals surface area contributed by atoms with E-state index in [0.717, 1.165) is 38.3 Å². The van der Waals surface area contributed by atoms with Crippen LogP contribution in [0.1, 0.15) is 23.1 Å². The Kier molecular flexibility index (Phi) is 7.79. The second-order valence-corrected chi connectivity index (χ2v) is 8.50. The third-order valence-electron chi connectivity index (χ3n) is 5.47. The van der Waals surface area contributed by atoms with Crippen molar-refractivity contribution in [3.8, 4) is 0 Å².